The number of hydrogen-bond acceptors (Lipinski definition) is 5. The fourth-order valence-corrected chi connectivity index (χ4v) is 2.85. The van der Waals surface area contributed by atoms with Crippen LogP contribution in [0.25, 0.3) is 0 Å². The molecule has 7 nitrogen and oxygen atoms in total. The number of hydrogen-bond donors (Lipinski definition) is 1. The third-order valence-corrected chi connectivity index (χ3v) is 4.20. The van der Waals surface area contributed by atoms with E-state index in [4.69, 9.17) is 4.74 Å². The molecule has 7 heteroatoms. The van der Waals surface area contributed by atoms with Gasteiger partial charge in [-0.2, -0.15) is 5.10 Å². The van der Waals surface area contributed by atoms with Crippen molar-refractivity contribution in [2.75, 3.05) is 32.8 Å². The highest BCUT2D eigenvalue weighted by Gasteiger charge is 2.23. The Kier molecular flexibility index (Phi) is 5.45. The van der Waals surface area contributed by atoms with E-state index in [9.17, 15) is 9.59 Å². The first-order chi connectivity index (χ1) is 12.2. The van der Waals surface area contributed by atoms with Gasteiger partial charge in [0.25, 0.3) is 11.5 Å². The van der Waals surface area contributed by atoms with E-state index in [-0.39, 0.29) is 17.2 Å². The van der Waals surface area contributed by atoms with Gasteiger partial charge in [-0.25, -0.2) is 5.10 Å². The molecule has 1 aromatic carbocycles. The Balaban J connectivity index is 1.52. The number of carbonyl (C=O) groups excluding carboxylic acids is 1. The number of carbonyl (C=O) groups is 1. The van der Waals surface area contributed by atoms with Gasteiger partial charge in [-0.3, -0.25) is 14.5 Å². The number of amides is 1. The Morgan fingerprint density at radius 3 is 2.44 bits per heavy atom. The van der Waals surface area contributed by atoms with E-state index >= 15 is 0 Å². The quantitative estimate of drug-likeness (QED) is 0.881. The zero-order chi connectivity index (χ0) is 17.6. The third-order valence-electron chi connectivity index (χ3n) is 4.20. The molecule has 1 amide bonds. The molecule has 1 aliphatic rings. The third kappa shape index (κ3) is 4.45. The first kappa shape index (κ1) is 17.2. The van der Waals surface area contributed by atoms with Gasteiger partial charge in [0.05, 0.1) is 6.61 Å². The minimum absolute atomic E-state index is 0.142. The lowest BCUT2D eigenvalue weighted by Gasteiger charge is -2.34. The molecule has 0 unspecified atom stereocenters. The second kappa shape index (κ2) is 7.94. The summed E-state index contributed by atoms with van der Waals surface area (Å²) in [7, 11) is 0. The van der Waals surface area contributed by atoms with E-state index in [1.807, 2.05) is 19.1 Å². The molecular weight excluding hydrogens is 320 g/mol. The summed E-state index contributed by atoms with van der Waals surface area (Å²) in [5.74, 6) is 0.743. The van der Waals surface area contributed by atoms with Crippen molar-refractivity contribution in [1.29, 1.82) is 0 Å². The summed E-state index contributed by atoms with van der Waals surface area (Å²) in [6.07, 6.45) is 0. The molecule has 25 heavy (non-hydrogen) atoms. The Morgan fingerprint density at radius 1 is 1.12 bits per heavy atom. The maximum atomic E-state index is 12.4. The average molecular weight is 342 g/mol. The van der Waals surface area contributed by atoms with E-state index in [2.05, 4.69) is 27.2 Å². The van der Waals surface area contributed by atoms with Crippen LogP contribution in [0.1, 0.15) is 23.0 Å². The molecule has 0 atom stereocenters. The standard InChI is InChI=1S/C18H22N4O3/c1-2-25-15-5-3-14(4-6-15)13-21-9-11-22(12-10-21)18(24)16-7-8-17(23)20-19-16/h3-8H,2,9-13H2,1H3,(H,20,23). The van der Waals surface area contributed by atoms with Gasteiger partial charge in [-0.05, 0) is 30.7 Å². The predicted octanol–water partition coefficient (Wildman–Crippen LogP) is 1.13. The molecule has 0 bridgehead atoms. The van der Waals surface area contributed by atoms with Gasteiger partial charge in [0.2, 0.25) is 0 Å². The van der Waals surface area contributed by atoms with E-state index < -0.39 is 0 Å². The zero-order valence-corrected chi connectivity index (χ0v) is 14.3. The average Bonchev–Trinajstić information content (AvgIpc) is 2.64. The van der Waals surface area contributed by atoms with Gasteiger partial charge in [0, 0.05) is 38.8 Å². The van der Waals surface area contributed by atoms with Crippen LogP contribution in [0.15, 0.2) is 41.2 Å². The SMILES string of the molecule is CCOc1ccc(CN2CCN(C(=O)c3ccc(=O)[nH]n3)CC2)cc1. The van der Waals surface area contributed by atoms with Crippen molar-refractivity contribution < 1.29 is 9.53 Å². The predicted molar refractivity (Wildman–Crippen MR) is 93.6 cm³/mol. The Labute approximate surface area is 146 Å². The van der Waals surface area contributed by atoms with Gasteiger partial charge in [0.1, 0.15) is 11.4 Å². The molecule has 0 aliphatic carbocycles. The maximum Gasteiger partial charge on any atom is 0.274 e. The summed E-state index contributed by atoms with van der Waals surface area (Å²) < 4.78 is 5.45. The van der Waals surface area contributed by atoms with Crippen molar-refractivity contribution in [3.8, 4) is 5.75 Å². The number of aromatic nitrogens is 2. The van der Waals surface area contributed by atoms with Crippen molar-refractivity contribution in [3.63, 3.8) is 0 Å². The van der Waals surface area contributed by atoms with Crippen molar-refractivity contribution in [1.82, 2.24) is 20.0 Å². The Morgan fingerprint density at radius 2 is 1.84 bits per heavy atom. The minimum Gasteiger partial charge on any atom is -0.494 e. The largest absolute Gasteiger partial charge is 0.494 e. The molecule has 2 heterocycles. The van der Waals surface area contributed by atoms with E-state index in [0.29, 0.717) is 19.7 Å². The summed E-state index contributed by atoms with van der Waals surface area (Å²) in [6.45, 7) is 6.40. The van der Waals surface area contributed by atoms with Crippen LogP contribution >= 0.6 is 0 Å². The number of nitrogens with one attached hydrogen (secondary N) is 1. The molecule has 0 radical (unpaired) electrons. The van der Waals surface area contributed by atoms with E-state index in [1.54, 1.807) is 4.90 Å². The fourth-order valence-electron chi connectivity index (χ4n) is 2.85. The maximum absolute atomic E-state index is 12.4. The summed E-state index contributed by atoms with van der Waals surface area (Å²) in [5.41, 5.74) is 1.20. The van der Waals surface area contributed by atoms with Crippen LogP contribution in [0.2, 0.25) is 0 Å². The van der Waals surface area contributed by atoms with E-state index in [0.717, 1.165) is 25.4 Å². The number of rotatable bonds is 5. The highest BCUT2D eigenvalue weighted by molar-refractivity contribution is 5.92. The summed E-state index contributed by atoms with van der Waals surface area (Å²) in [6, 6.07) is 10.9. The van der Waals surface area contributed by atoms with Crippen molar-refractivity contribution in [2.24, 2.45) is 0 Å². The highest BCUT2D eigenvalue weighted by atomic mass is 16.5. The highest BCUT2D eigenvalue weighted by Crippen LogP contribution is 2.15. The molecule has 1 N–H and O–H groups in total. The number of ether oxygens (including phenoxy) is 1. The number of piperazine rings is 1. The Bertz CT molecular complexity index is 744. The van der Waals surface area contributed by atoms with E-state index in [1.165, 1.54) is 17.7 Å². The molecule has 132 valence electrons. The molecular formula is C18H22N4O3. The minimum atomic E-state index is -0.309. The first-order valence-corrected chi connectivity index (χ1v) is 8.45. The molecule has 0 spiro atoms. The molecule has 3 rings (SSSR count). The molecule has 1 saturated heterocycles. The summed E-state index contributed by atoms with van der Waals surface area (Å²) in [4.78, 5) is 27.5. The fraction of sp³-hybridized carbons (Fsp3) is 0.389. The van der Waals surface area contributed by atoms with Crippen LogP contribution in [-0.2, 0) is 6.54 Å². The van der Waals surface area contributed by atoms with Gasteiger partial charge >= 0.3 is 0 Å². The zero-order valence-electron chi connectivity index (χ0n) is 14.3. The molecule has 2 aromatic rings. The number of H-pyrrole nitrogens is 1. The van der Waals surface area contributed by atoms with Crippen LogP contribution in [0.5, 0.6) is 5.75 Å². The van der Waals surface area contributed by atoms with Crippen LogP contribution in [0.4, 0.5) is 0 Å². The summed E-state index contributed by atoms with van der Waals surface area (Å²) >= 11 is 0. The van der Waals surface area contributed by atoms with Crippen LogP contribution in [-0.4, -0.2) is 58.7 Å². The second-order valence-corrected chi connectivity index (χ2v) is 5.95. The van der Waals surface area contributed by atoms with Crippen molar-refractivity contribution in [2.45, 2.75) is 13.5 Å². The normalized spacial score (nSPS) is 15.2. The van der Waals surface area contributed by atoms with Gasteiger partial charge in [-0.15, -0.1) is 0 Å². The van der Waals surface area contributed by atoms with Gasteiger partial charge in [-0.1, -0.05) is 12.1 Å². The summed E-state index contributed by atoms with van der Waals surface area (Å²) in [5, 5.41) is 6.11. The van der Waals surface area contributed by atoms with Gasteiger partial charge in [0.15, 0.2) is 0 Å². The lowest BCUT2D eigenvalue weighted by atomic mass is 10.2. The number of aromatic amines is 1. The van der Waals surface area contributed by atoms with Crippen LogP contribution in [0, 0.1) is 0 Å². The Hall–Kier alpha value is -2.67. The topological polar surface area (TPSA) is 78.5 Å². The molecule has 1 aliphatic heterocycles. The molecule has 1 fully saturated rings. The second-order valence-electron chi connectivity index (χ2n) is 5.95. The first-order valence-electron chi connectivity index (χ1n) is 8.45. The lowest BCUT2D eigenvalue weighted by molar-refractivity contribution is 0.0621. The monoisotopic (exact) mass is 342 g/mol. The smallest absolute Gasteiger partial charge is 0.274 e. The van der Waals surface area contributed by atoms with Crippen molar-refractivity contribution >= 4 is 5.91 Å². The number of nitrogens with zero attached hydrogens (tertiary/aromatic N) is 3. The number of benzene rings is 1. The van der Waals surface area contributed by atoms with Crippen LogP contribution in [0.3, 0.4) is 0 Å². The molecule has 0 saturated carbocycles. The van der Waals surface area contributed by atoms with Crippen molar-refractivity contribution in [3.05, 3.63) is 58.0 Å². The molecule has 1 aromatic heterocycles. The lowest BCUT2D eigenvalue weighted by Crippen LogP contribution is -2.48. The van der Waals surface area contributed by atoms with Crippen LogP contribution < -0.4 is 10.3 Å². The van der Waals surface area contributed by atoms with Gasteiger partial charge < -0.3 is 9.64 Å².